The topological polar surface area (TPSA) is 51.1 Å². The fourth-order valence-electron chi connectivity index (χ4n) is 10.9. The number of aryl methyl sites for hydroxylation is 1. The molecule has 14 rings (SSSR count). The van der Waals surface area contributed by atoms with E-state index in [2.05, 4.69) is 244 Å². The van der Waals surface area contributed by atoms with Crippen LogP contribution in [-0.2, 0) is 0 Å². The lowest BCUT2D eigenvalue weighted by molar-refractivity contribution is 0.745. The van der Waals surface area contributed by atoms with Crippen molar-refractivity contribution in [1.82, 2.24) is 9.13 Å². The normalized spacial score (nSPS) is 15.0. The van der Waals surface area contributed by atoms with E-state index in [1.54, 1.807) is 0 Å². The molecule has 3 N–H and O–H groups in total. The lowest BCUT2D eigenvalue weighted by Gasteiger charge is -2.29. The predicted octanol–water partition coefficient (Wildman–Crippen LogP) is 16.2. The van der Waals surface area contributed by atoms with Gasteiger partial charge in [0, 0.05) is 72.7 Å². The molecule has 0 radical (unpaired) electrons. The van der Waals surface area contributed by atoms with E-state index in [0.29, 0.717) is 5.92 Å². The predicted molar refractivity (Wildman–Crippen MR) is 289 cm³/mol. The molecule has 2 aromatic heterocycles. The van der Waals surface area contributed by atoms with Crippen molar-refractivity contribution in [2.75, 3.05) is 16.0 Å². The molecule has 12 aromatic rings. The fourth-order valence-corrected chi connectivity index (χ4v) is 10.9. The molecule has 324 valence electrons. The molecule has 0 spiro atoms. The zero-order valence-corrected chi connectivity index (χ0v) is 37.6. The largest absolute Gasteiger partial charge is 0.398 e. The first-order valence-electron chi connectivity index (χ1n) is 23.5. The highest BCUT2D eigenvalue weighted by Gasteiger charge is 2.37. The Morgan fingerprint density at radius 3 is 1.72 bits per heavy atom. The van der Waals surface area contributed by atoms with Crippen LogP contribution in [0, 0.1) is 6.92 Å². The number of benzene rings is 10. The van der Waals surface area contributed by atoms with Crippen molar-refractivity contribution in [1.29, 1.82) is 0 Å². The van der Waals surface area contributed by atoms with E-state index in [1.807, 2.05) is 19.1 Å². The van der Waals surface area contributed by atoms with Crippen LogP contribution >= 0.6 is 0 Å². The average Bonchev–Trinajstić information content (AvgIpc) is 4.03. The highest BCUT2D eigenvalue weighted by atomic mass is 15.2. The van der Waals surface area contributed by atoms with E-state index >= 15 is 0 Å². The van der Waals surface area contributed by atoms with Crippen LogP contribution < -0.4 is 16.0 Å². The summed E-state index contributed by atoms with van der Waals surface area (Å²) in [7, 11) is 0. The quantitative estimate of drug-likeness (QED) is 0.169. The summed E-state index contributed by atoms with van der Waals surface area (Å²) in [6.45, 7) is 2.03. The lowest BCUT2D eigenvalue weighted by Crippen LogP contribution is -2.28. The maximum Gasteiger partial charge on any atom is 0.0629 e. The second-order valence-corrected chi connectivity index (χ2v) is 18.1. The van der Waals surface area contributed by atoms with Crippen molar-refractivity contribution >= 4 is 93.6 Å². The summed E-state index contributed by atoms with van der Waals surface area (Å²) < 4.78 is 4.87. The monoisotopic (exact) mass is 873 g/mol. The molecule has 5 nitrogen and oxygen atoms in total. The van der Waals surface area contributed by atoms with Gasteiger partial charge in [0.1, 0.15) is 0 Å². The number of hydrogen-bond acceptors (Lipinski definition) is 3. The number of aromatic nitrogens is 2. The van der Waals surface area contributed by atoms with Gasteiger partial charge in [-0.2, -0.15) is 0 Å². The Kier molecular flexibility index (Phi) is 9.29. The summed E-state index contributed by atoms with van der Waals surface area (Å²) >= 11 is 0. The van der Waals surface area contributed by atoms with E-state index in [9.17, 15) is 0 Å². The Bertz CT molecular complexity index is 3950. The molecular weight excluding hydrogens is 827 g/mol. The van der Waals surface area contributed by atoms with Gasteiger partial charge < -0.3 is 25.1 Å². The highest BCUT2D eigenvalue weighted by molar-refractivity contribution is 6.12. The summed E-state index contributed by atoms with van der Waals surface area (Å²) in [6, 6.07) is 76.9. The van der Waals surface area contributed by atoms with Crippen molar-refractivity contribution in [2.24, 2.45) is 0 Å². The van der Waals surface area contributed by atoms with Gasteiger partial charge in [-0.25, -0.2) is 0 Å². The lowest BCUT2D eigenvalue weighted by atomic mass is 9.91. The minimum absolute atomic E-state index is 0.232. The summed E-state index contributed by atoms with van der Waals surface area (Å²) in [5.41, 5.74) is 21.0. The van der Waals surface area contributed by atoms with Gasteiger partial charge in [-0.15, -0.1) is 0 Å². The number of allylic oxidation sites excluding steroid dienone is 2. The number of fused-ring (bicyclic) bond motifs is 11. The van der Waals surface area contributed by atoms with Crippen LogP contribution in [0.1, 0.15) is 17.0 Å². The average molecular weight is 874 g/mol. The van der Waals surface area contributed by atoms with Gasteiger partial charge in [-0.3, -0.25) is 0 Å². The van der Waals surface area contributed by atoms with Crippen molar-refractivity contribution in [3.63, 3.8) is 0 Å². The number of nitrogen functional groups attached to an aromatic ring is 1. The molecule has 5 heteroatoms. The Morgan fingerprint density at radius 1 is 0.412 bits per heavy atom. The van der Waals surface area contributed by atoms with Gasteiger partial charge in [-0.1, -0.05) is 158 Å². The Morgan fingerprint density at radius 2 is 0.956 bits per heavy atom. The van der Waals surface area contributed by atoms with E-state index in [4.69, 9.17) is 5.73 Å². The molecule has 68 heavy (non-hydrogen) atoms. The standard InChI is InChI=1S/C52H36N4.C11H11N/c1-2-12-35-31-37(22-21-34(35)11-1)53-36-23-25-38(26-24-36)54-51-32-39(55-47-17-7-3-13-41(47)42-14-4-8-18-48(42)55)27-29-45(51)46-30-28-40(33-52(46)54)56-49-19-9-5-15-43(49)44-16-6-10-20-50(44)56;1-8-6-7-9-4-2-3-5-10(9)11(8)12/h1-33,41,47,53H;2-7H,12H2,1H3. The van der Waals surface area contributed by atoms with E-state index in [1.165, 1.54) is 76.7 Å². The zero-order valence-electron chi connectivity index (χ0n) is 37.6. The maximum absolute atomic E-state index is 5.92. The fraction of sp³-hybridized carbons (Fsp3) is 0.0476. The van der Waals surface area contributed by atoms with Crippen molar-refractivity contribution < 1.29 is 0 Å². The van der Waals surface area contributed by atoms with Crippen molar-refractivity contribution in [2.45, 2.75) is 18.9 Å². The minimum Gasteiger partial charge on any atom is -0.398 e. The minimum atomic E-state index is 0.232. The number of nitrogens with zero attached hydrogens (tertiary/aromatic N) is 3. The number of para-hydroxylation sites is 3. The molecular formula is C63H47N5. The van der Waals surface area contributed by atoms with Crippen LogP contribution in [0.25, 0.3) is 76.5 Å². The molecule has 0 amide bonds. The highest BCUT2D eigenvalue weighted by Crippen LogP contribution is 2.49. The van der Waals surface area contributed by atoms with E-state index in [0.717, 1.165) is 39.4 Å². The number of nitrogens with one attached hydrogen (secondary N) is 1. The van der Waals surface area contributed by atoms with Crippen molar-refractivity contribution in [3.8, 4) is 11.4 Å². The number of nitrogens with two attached hydrogens (primary N) is 1. The molecule has 0 saturated heterocycles. The van der Waals surface area contributed by atoms with Gasteiger partial charge >= 0.3 is 0 Å². The van der Waals surface area contributed by atoms with Gasteiger partial charge in [-0.05, 0) is 113 Å². The Balaban J connectivity index is 0.000000332. The van der Waals surface area contributed by atoms with Gasteiger partial charge in [0.15, 0.2) is 0 Å². The van der Waals surface area contributed by atoms with Crippen LogP contribution in [0.15, 0.2) is 237 Å². The molecule has 2 unspecified atom stereocenters. The molecule has 1 aliphatic heterocycles. The molecule has 3 heterocycles. The number of hydrogen-bond donors (Lipinski definition) is 2. The first-order valence-corrected chi connectivity index (χ1v) is 23.5. The second kappa shape index (κ2) is 16.0. The summed E-state index contributed by atoms with van der Waals surface area (Å²) in [6.07, 6.45) is 9.08. The molecule has 10 aromatic carbocycles. The van der Waals surface area contributed by atoms with Crippen LogP contribution in [0.2, 0.25) is 0 Å². The molecule has 0 saturated carbocycles. The van der Waals surface area contributed by atoms with Crippen LogP contribution in [0.3, 0.4) is 0 Å². The van der Waals surface area contributed by atoms with Gasteiger partial charge in [0.05, 0.1) is 28.1 Å². The van der Waals surface area contributed by atoms with E-state index < -0.39 is 0 Å². The zero-order chi connectivity index (χ0) is 45.3. The number of rotatable bonds is 5. The SMILES string of the molecule is C1=CC2c3ccccc3N(c3ccc4c5ccc(-n6c7ccccc7c7ccccc76)cc5n(-c5ccc(Nc6ccc7ccccc7c6)cc5)c4c3)C2C=C1.Cc1ccc2ccccc2c1N. The van der Waals surface area contributed by atoms with E-state index in [-0.39, 0.29) is 6.04 Å². The first-order chi connectivity index (χ1) is 33.6. The molecule has 0 fully saturated rings. The first kappa shape index (κ1) is 39.6. The molecule has 2 atom stereocenters. The third-order valence-electron chi connectivity index (χ3n) is 14.2. The summed E-state index contributed by atoms with van der Waals surface area (Å²) in [4.78, 5) is 2.53. The smallest absolute Gasteiger partial charge is 0.0629 e. The third kappa shape index (κ3) is 6.46. The summed E-state index contributed by atoms with van der Waals surface area (Å²) in [5.74, 6) is 0.328. The van der Waals surface area contributed by atoms with Crippen LogP contribution in [-0.4, -0.2) is 15.2 Å². The van der Waals surface area contributed by atoms with Gasteiger partial charge in [0.2, 0.25) is 0 Å². The third-order valence-corrected chi connectivity index (χ3v) is 14.2. The summed E-state index contributed by atoms with van der Waals surface area (Å²) in [5, 5.41) is 13.5. The van der Waals surface area contributed by atoms with Crippen LogP contribution in [0.5, 0.6) is 0 Å². The molecule has 1 aliphatic carbocycles. The maximum atomic E-state index is 5.92. The Hall–Kier alpha value is -8.80. The second-order valence-electron chi connectivity index (χ2n) is 18.1. The van der Waals surface area contributed by atoms with Gasteiger partial charge in [0.25, 0.3) is 0 Å². The Labute approximate surface area is 394 Å². The van der Waals surface area contributed by atoms with Crippen LogP contribution in [0.4, 0.5) is 28.4 Å². The number of anilines is 5. The molecule has 2 aliphatic rings. The van der Waals surface area contributed by atoms with Crippen molar-refractivity contribution in [3.05, 3.63) is 248 Å². The molecule has 0 bridgehead atoms.